The minimum Gasteiger partial charge on any atom is -0.349 e. The summed E-state index contributed by atoms with van der Waals surface area (Å²) in [5, 5.41) is 3.12. The summed E-state index contributed by atoms with van der Waals surface area (Å²) < 4.78 is 0. The SMILES string of the molecule is Cc1ccc(C(=O)NC2Cc3cccnc3C2)c(C)c1. The Morgan fingerprint density at radius 1 is 1.25 bits per heavy atom. The Hall–Kier alpha value is -2.16. The minimum absolute atomic E-state index is 0.0142. The van der Waals surface area contributed by atoms with Gasteiger partial charge in [-0.2, -0.15) is 0 Å². The number of hydrogen-bond donors (Lipinski definition) is 1. The van der Waals surface area contributed by atoms with E-state index in [0.29, 0.717) is 0 Å². The van der Waals surface area contributed by atoms with E-state index < -0.39 is 0 Å². The van der Waals surface area contributed by atoms with Crippen molar-refractivity contribution in [2.45, 2.75) is 32.7 Å². The number of hydrogen-bond acceptors (Lipinski definition) is 2. The van der Waals surface area contributed by atoms with Gasteiger partial charge in [-0.1, -0.05) is 23.8 Å². The van der Waals surface area contributed by atoms with Crippen molar-refractivity contribution in [3.05, 3.63) is 64.5 Å². The summed E-state index contributed by atoms with van der Waals surface area (Å²) in [7, 11) is 0. The van der Waals surface area contributed by atoms with Gasteiger partial charge in [-0.25, -0.2) is 0 Å². The number of rotatable bonds is 2. The van der Waals surface area contributed by atoms with Gasteiger partial charge in [0.2, 0.25) is 0 Å². The third-order valence-electron chi connectivity index (χ3n) is 3.85. The van der Waals surface area contributed by atoms with E-state index in [4.69, 9.17) is 0 Å². The summed E-state index contributed by atoms with van der Waals surface area (Å²) in [5.41, 5.74) is 5.32. The second-order valence-electron chi connectivity index (χ2n) is 5.51. The molecule has 0 aliphatic heterocycles. The van der Waals surface area contributed by atoms with Gasteiger partial charge in [-0.15, -0.1) is 0 Å². The van der Waals surface area contributed by atoms with E-state index in [1.54, 1.807) is 0 Å². The number of aryl methyl sites for hydroxylation is 2. The Morgan fingerprint density at radius 2 is 2.10 bits per heavy atom. The number of carbonyl (C=O) groups excluding carboxylic acids is 1. The number of aromatic nitrogens is 1. The van der Waals surface area contributed by atoms with Gasteiger partial charge in [-0.3, -0.25) is 9.78 Å². The smallest absolute Gasteiger partial charge is 0.251 e. The number of carbonyl (C=O) groups is 1. The maximum atomic E-state index is 12.4. The van der Waals surface area contributed by atoms with Crippen LogP contribution in [0.1, 0.15) is 32.7 Å². The average Bonchev–Trinajstić information content (AvgIpc) is 2.80. The quantitative estimate of drug-likeness (QED) is 0.907. The lowest BCUT2D eigenvalue weighted by Crippen LogP contribution is -2.35. The molecule has 0 bridgehead atoms. The molecular formula is C17H18N2O. The van der Waals surface area contributed by atoms with Crippen molar-refractivity contribution in [2.24, 2.45) is 0 Å². The summed E-state index contributed by atoms with van der Waals surface area (Å²) >= 11 is 0. The van der Waals surface area contributed by atoms with Crippen LogP contribution in [0.3, 0.4) is 0 Å². The minimum atomic E-state index is 0.0142. The normalized spacial score (nSPS) is 16.8. The van der Waals surface area contributed by atoms with E-state index >= 15 is 0 Å². The van der Waals surface area contributed by atoms with Crippen molar-refractivity contribution in [1.82, 2.24) is 10.3 Å². The highest BCUT2D eigenvalue weighted by molar-refractivity contribution is 5.95. The zero-order valence-electron chi connectivity index (χ0n) is 11.8. The molecule has 1 heterocycles. The van der Waals surface area contributed by atoms with Crippen LogP contribution in [0.5, 0.6) is 0 Å². The first-order chi connectivity index (χ1) is 9.63. The molecular weight excluding hydrogens is 248 g/mol. The molecule has 2 aromatic rings. The first kappa shape index (κ1) is 12.9. The van der Waals surface area contributed by atoms with Crippen molar-refractivity contribution in [3.8, 4) is 0 Å². The fourth-order valence-corrected chi connectivity index (χ4v) is 2.85. The summed E-state index contributed by atoms with van der Waals surface area (Å²) in [6, 6.07) is 10.1. The molecule has 1 N–H and O–H groups in total. The first-order valence-electron chi connectivity index (χ1n) is 6.94. The molecule has 1 aromatic carbocycles. The Balaban J connectivity index is 1.72. The van der Waals surface area contributed by atoms with Crippen molar-refractivity contribution in [2.75, 3.05) is 0 Å². The highest BCUT2D eigenvalue weighted by atomic mass is 16.1. The second kappa shape index (κ2) is 5.08. The van der Waals surface area contributed by atoms with Gasteiger partial charge in [0, 0.05) is 29.9 Å². The van der Waals surface area contributed by atoms with E-state index in [2.05, 4.69) is 16.4 Å². The molecule has 0 saturated carbocycles. The third kappa shape index (κ3) is 2.44. The number of nitrogens with one attached hydrogen (secondary N) is 1. The van der Waals surface area contributed by atoms with Crippen molar-refractivity contribution < 1.29 is 4.79 Å². The fourth-order valence-electron chi connectivity index (χ4n) is 2.85. The van der Waals surface area contributed by atoms with Crippen LogP contribution in [0.4, 0.5) is 0 Å². The zero-order chi connectivity index (χ0) is 14.1. The number of fused-ring (bicyclic) bond motifs is 1. The molecule has 102 valence electrons. The van der Waals surface area contributed by atoms with Crippen LogP contribution in [0.25, 0.3) is 0 Å². The Kier molecular flexibility index (Phi) is 3.26. The van der Waals surface area contributed by atoms with Crippen molar-refractivity contribution >= 4 is 5.91 Å². The van der Waals surface area contributed by atoms with Gasteiger partial charge >= 0.3 is 0 Å². The molecule has 1 aliphatic carbocycles. The second-order valence-corrected chi connectivity index (χ2v) is 5.51. The van der Waals surface area contributed by atoms with Crippen LogP contribution >= 0.6 is 0 Å². The summed E-state index contributed by atoms with van der Waals surface area (Å²) in [6.07, 6.45) is 3.51. The Labute approximate surface area is 119 Å². The van der Waals surface area contributed by atoms with Gasteiger partial charge in [0.1, 0.15) is 0 Å². The summed E-state index contributed by atoms with van der Waals surface area (Å²) in [5.74, 6) is 0.0142. The van der Waals surface area contributed by atoms with Crippen LogP contribution in [0, 0.1) is 13.8 Å². The molecule has 0 saturated heterocycles. The van der Waals surface area contributed by atoms with Crippen LogP contribution in [0.2, 0.25) is 0 Å². The molecule has 1 unspecified atom stereocenters. The molecule has 1 atom stereocenters. The lowest BCUT2D eigenvalue weighted by molar-refractivity contribution is 0.0938. The first-order valence-corrected chi connectivity index (χ1v) is 6.94. The molecule has 3 rings (SSSR count). The van der Waals surface area contributed by atoms with Gasteiger partial charge in [0.25, 0.3) is 5.91 Å². The molecule has 3 heteroatoms. The van der Waals surface area contributed by atoms with Gasteiger partial charge < -0.3 is 5.32 Å². The Bertz CT molecular complexity index is 639. The number of benzene rings is 1. The lowest BCUT2D eigenvalue weighted by Gasteiger charge is -2.13. The maximum absolute atomic E-state index is 12.4. The average molecular weight is 266 g/mol. The Morgan fingerprint density at radius 3 is 2.85 bits per heavy atom. The van der Waals surface area contributed by atoms with Crippen LogP contribution in [-0.4, -0.2) is 16.9 Å². The lowest BCUT2D eigenvalue weighted by atomic mass is 10.0. The fraction of sp³-hybridized carbons (Fsp3) is 0.294. The van der Waals surface area contributed by atoms with Crippen molar-refractivity contribution in [1.29, 1.82) is 0 Å². The molecule has 0 spiro atoms. The molecule has 0 radical (unpaired) electrons. The van der Waals surface area contributed by atoms with Crippen molar-refractivity contribution in [3.63, 3.8) is 0 Å². The van der Waals surface area contributed by atoms with Crippen LogP contribution in [-0.2, 0) is 12.8 Å². The van der Waals surface area contributed by atoms with Gasteiger partial charge in [0.05, 0.1) is 0 Å². The molecule has 20 heavy (non-hydrogen) atoms. The highest BCUT2D eigenvalue weighted by Crippen LogP contribution is 2.20. The number of amides is 1. The molecule has 3 nitrogen and oxygen atoms in total. The highest BCUT2D eigenvalue weighted by Gasteiger charge is 2.24. The maximum Gasteiger partial charge on any atom is 0.251 e. The molecule has 0 fully saturated rings. The topological polar surface area (TPSA) is 42.0 Å². The standard InChI is InChI=1S/C17H18N2O/c1-11-5-6-15(12(2)8-11)17(20)19-14-9-13-4-3-7-18-16(13)10-14/h3-8,14H,9-10H2,1-2H3,(H,19,20). The monoisotopic (exact) mass is 266 g/mol. The van der Waals surface area contributed by atoms with Gasteiger partial charge in [0.15, 0.2) is 0 Å². The summed E-state index contributed by atoms with van der Waals surface area (Å²) in [6.45, 7) is 4.01. The van der Waals surface area contributed by atoms with Gasteiger partial charge in [-0.05, 0) is 43.5 Å². The molecule has 1 aliphatic rings. The molecule has 1 aromatic heterocycles. The van der Waals surface area contributed by atoms with E-state index in [0.717, 1.165) is 29.7 Å². The van der Waals surface area contributed by atoms with E-state index in [9.17, 15) is 4.79 Å². The predicted molar refractivity (Wildman–Crippen MR) is 78.8 cm³/mol. The van der Waals surface area contributed by atoms with E-state index in [-0.39, 0.29) is 11.9 Å². The largest absolute Gasteiger partial charge is 0.349 e. The van der Waals surface area contributed by atoms with E-state index in [1.807, 2.05) is 44.3 Å². The number of pyridine rings is 1. The molecule has 1 amide bonds. The third-order valence-corrected chi connectivity index (χ3v) is 3.85. The van der Waals surface area contributed by atoms with Crippen LogP contribution < -0.4 is 5.32 Å². The number of nitrogens with zero attached hydrogens (tertiary/aromatic N) is 1. The van der Waals surface area contributed by atoms with E-state index in [1.165, 1.54) is 11.1 Å². The zero-order valence-corrected chi connectivity index (χ0v) is 11.8. The summed E-state index contributed by atoms with van der Waals surface area (Å²) in [4.78, 5) is 16.7. The predicted octanol–water partition coefficient (Wildman–Crippen LogP) is 2.60. The van der Waals surface area contributed by atoms with Crippen LogP contribution in [0.15, 0.2) is 36.5 Å².